The van der Waals surface area contributed by atoms with Crippen molar-refractivity contribution in [2.45, 2.75) is 6.92 Å². The van der Waals surface area contributed by atoms with Gasteiger partial charge in [-0.2, -0.15) is 0 Å². The van der Waals surface area contributed by atoms with E-state index in [1.807, 2.05) is 0 Å². The van der Waals surface area contributed by atoms with Crippen LogP contribution < -0.4 is 0 Å². The summed E-state index contributed by atoms with van der Waals surface area (Å²) in [5.74, 6) is -2.40. The smallest absolute Gasteiger partial charge is 0.162 e. The number of rotatable bonds is 1. The fourth-order valence-corrected chi connectivity index (χ4v) is 0.0921. The lowest BCUT2D eigenvalue weighted by molar-refractivity contribution is 0.429. The highest BCUT2D eigenvalue weighted by atomic mass is 19.2. The summed E-state index contributed by atoms with van der Waals surface area (Å²) < 4.78 is 33.7. The minimum Gasteiger partial charge on any atom is -0.243 e. The van der Waals surface area contributed by atoms with Crippen molar-refractivity contribution < 1.29 is 13.2 Å². The van der Waals surface area contributed by atoms with Gasteiger partial charge in [0, 0.05) is 0 Å². The Balaban J connectivity index is 3.72. The van der Waals surface area contributed by atoms with Crippen LogP contribution >= 0.6 is 0 Å². The minimum atomic E-state index is -1.34. The maximum atomic E-state index is 11.4. The molecule has 0 spiro atoms. The average Bonchev–Trinajstić information content (AvgIpc) is 1.65. The fourth-order valence-electron chi connectivity index (χ4n) is 0.0921. The van der Waals surface area contributed by atoms with Crippen LogP contribution in [0.1, 0.15) is 6.92 Å². The van der Waals surface area contributed by atoms with Crippen molar-refractivity contribution in [2.24, 2.45) is 0 Å². The van der Waals surface area contributed by atoms with E-state index in [2.05, 4.69) is 0 Å². The van der Waals surface area contributed by atoms with Gasteiger partial charge in [-0.25, -0.2) is 13.2 Å². The Hall–Kier alpha value is -0.470. The summed E-state index contributed by atoms with van der Waals surface area (Å²) in [5, 5.41) is 0. The van der Waals surface area contributed by atoms with Gasteiger partial charge in [-0.3, -0.25) is 0 Å². The number of halogens is 3. The molecule has 0 nitrogen and oxygen atoms in total. The standard InChI is InChI=1S/C4H5F3/c1-3(6)4(7)2-5/h2H2,1H3. The van der Waals surface area contributed by atoms with E-state index in [1.165, 1.54) is 0 Å². The van der Waals surface area contributed by atoms with Gasteiger partial charge in [-0.1, -0.05) is 0 Å². The Labute approximate surface area is 39.6 Å². The van der Waals surface area contributed by atoms with Crippen LogP contribution in [-0.4, -0.2) is 6.67 Å². The first-order chi connectivity index (χ1) is 3.18. The van der Waals surface area contributed by atoms with Crippen molar-refractivity contribution in [3.63, 3.8) is 0 Å². The molecule has 42 valence electrons. The second-order valence-electron chi connectivity index (χ2n) is 1.07. The third-order valence-corrected chi connectivity index (χ3v) is 0.491. The van der Waals surface area contributed by atoms with Crippen LogP contribution in [0.25, 0.3) is 0 Å². The van der Waals surface area contributed by atoms with Crippen molar-refractivity contribution >= 4 is 0 Å². The molecule has 0 aliphatic carbocycles. The molecular weight excluding hydrogens is 105 g/mol. The molecule has 0 radical (unpaired) electrons. The number of allylic oxidation sites excluding steroid dienone is 2. The molecule has 0 aromatic heterocycles. The molecule has 0 atom stereocenters. The molecule has 0 fully saturated rings. The quantitative estimate of drug-likeness (QED) is 0.485. The fraction of sp³-hybridized carbons (Fsp3) is 0.500. The average molecular weight is 110 g/mol. The van der Waals surface area contributed by atoms with Gasteiger partial charge in [0.15, 0.2) is 5.83 Å². The van der Waals surface area contributed by atoms with Gasteiger partial charge in [0.1, 0.15) is 12.5 Å². The molecule has 0 unspecified atom stereocenters. The summed E-state index contributed by atoms with van der Waals surface area (Å²) in [7, 11) is 0. The summed E-state index contributed by atoms with van der Waals surface area (Å²) in [6, 6.07) is 0. The molecule has 0 saturated carbocycles. The molecule has 0 bridgehead atoms. The Bertz CT molecular complexity index is 80.9. The highest BCUT2D eigenvalue weighted by Gasteiger charge is 1.96. The number of hydrogen-bond donors (Lipinski definition) is 0. The molecule has 0 aromatic carbocycles. The molecule has 0 aliphatic rings. The summed E-state index contributed by atoms with van der Waals surface area (Å²) >= 11 is 0. The molecule has 7 heavy (non-hydrogen) atoms. The summed E-state index contributed by atoms with van der Waals surface area (Å²) in [5.41, 5.74) is 0. The Morgan fingerprint density at radius 1 is 1.43 bits per heavy atom. The third kappa shape index (κ3) is 2.25. The predicted octanol–water partition coefficient (Wildman–Crippen LogP) is 2.13. The monoisotopic (exact) mass is 110 g/mol. The van der Waals surface area contributed by atoms with Gasteiger partial charge >= 0.3 is 0 Å². The normalized spacial score (nSPS) is 13.7. The van der Waals surface area contributed by atoms with Crippen molar-refractivity contribution in [3.05, 3.63) is 11.7 Å². The van der Waals surface area contributed by atoms with Crippen LogP contribution in [0.5, 0.6) is 0 Å². The second kappa shape index (κ2) is 2.66. The van der Waals surface area contributed by atoms with Gasteiger partial charge in [0.05, 0.1) is 0 Å². The zero-order chi connectivity index (χ0) is 5.86. The Kier molecular flexibility index (Phi) is 2.48. The second-order valence-corrected chi connectivity index (χ2v) is 1.07. The first-order valence-corrected chi connectivity index (χ1v) is 1.75. The molecular formula is C4H5F3. The van der Waals surface area contributed by atoms with Gasteiger partial charge < -0.3 is 0 Å². The molecule has 0 rings (SSSR count). The summed E-state index contributed by atoms with van der Waals surface area (Å²) in [4.78, 5) is 0. The molecule has 0 N–H and O–H groups in total. The van der Waals surface area contributed by atoms with E-state index in [4.69, 9.17) is 0 Å². The predicted molar refractivity (Wildman–Crippen MR) is 20.9 cm³/mol. The largest absolute Gasteiger partial charge is 0.243 e. The van der Waals surface area contributed by atoms with E-state index in [1.54, 1.807) is 0 Å². The Morgan fingerprint density at radius 3 is 1.86 bits per heavy atom. The van der Waals surface area contributed by atoms with E-state index in [0.717, 1.165) is 6.92 Å². The minimum absolute atomic E-state index is 0.870. The lowest BCUT2D eigenvalue weighted by atomic mass is 10.5. The molecule has 3 heteroatoms. The lowest BCUT2D eigenvalue weighted by Gasteiger charge is -1.83. The summed E-state index contributed by atoms with van der Waals surface area (Å²) in [6.07, 6.45) is 0. The highest BCUT2D eigenvalue weighted by molar-refractivity contribution is 4.95. The third-order valence-electron chi connectivity index (χ3n) is 0.491. The zero-order valence-electron chi connectivity index (χ0n) is 3.84. The van der Waals surface area contributed by atoms with Crippen LogP contribution in [0.2, 0.25) is 0 Å². The lowest BCUT2D eigenvalue weighted by Crippen LogP contribution is -1.76. The zero-order valence-corrected chi connectivity index (χ0v) is 3.84. The molecule has 0 aliphatic heterocycles. The van der Waals surface area contributed by atoms with Crippen LogP contribution in [0, 0.1) is 0 Å². The highest BCUT2D eigenvalue weighted by Crippen LogP contribution is 2.05. The van der Waals surface area contributed by atoms with Crippen molar-refractivity contribution in [1.29, 1.82) is 0 Å². The molecule has 0 amide bonds. The Morgan fingerprint density at radius 2 is 1.86 bits per heavy atom. The first-order valence-electron chi connectivity index (χ1n) is 1.75. The van der Waals surface area contributed by atoms with Crippen molar-refractivity contribution in [2.75, 3.05) is 6.67 Å². The van der Waals surface area contributed by atoms with Crippen LogP contribution in [-0.2, 0) is 0 Å². The topological polar surface area (TPSA) is 0 Å². The molecule has 0 aromatic rings. The van der Waals surface area contributed by atoms with E-state index in [9.17, 15) is 13.2 Å². The summed E-state index contributed by atoms with van der Waals surface area (Å²) in [6.45, 7) is -0.475. The van der Waals surface area contributed by atoms with Gasteiger partial charge in [0.2, 0.25) is 0 Å². The van der Waals surface area contributed by atoms with E-state index >= 15 is 0 Å². The number of hydrogen-bond acceptors (Lipinski definition) is 0. The van der Waals surface area contributed by atoms with Gasteiger partial charge in [-0.05, 0) is 6.92 Å². The SMILES string of the molecule is CC(F)=C(F)CF. The van der Waals surface area contributed by atoms with Crippen molar-refractivity contribution in [3.8, 4) is 0 Å². The molecule has 0 heterocycles. The van der Waals surface area contributed by atoms with E-state index in [-0.39, 0.29) is 0 Å². The van der Waals surface area contributed by atoms with Crippen molar-refractivity contribution in [1.82, 2.24) is 0 Å². The maximum Gasteiger partial charge on any atom is 0.162 e. The van der Waals surface area contributed by atoms with Crippen LogP contribution in [0.3, 0.4) is 0 Å². The van der Waals surface area contributed by atoms with Crippen LogP contribution in [0.15, 0.2) is 11.7 Å². The number of alkyl halides is 1. The van der Waals surface area contributed by atoms with Crippen LogP contribution in [0.4, 0.5) is 13.2 Å². The van der Waals surface area contributed by atoms with Gasteiger partial charge in [-0.15, -0.1) is 0 Å². The van der Waals surface area contributed by atoms with Gasteiger partial charge in [0.25, 0.3) is 0 Å². The van der Waals surface area contributed by atoms with E-state index < -0.39 is 18.3 Å². The maximum absolute atomic E-state index is 11.4. The molecule has 0 saturated heterocycles. The van der Waals surface area contributed by atoms with E-state index in [0.29, 0.717) is 0 Å². The first kappa shape index (κ1) is 6.53.